The van der Waals surface area contributed by atoms with Gasteiger partial charge in [0.2, 0.25) is 0 Å². The fourth-order valence-corrected chi connectivity index (χ4v) is 2.22. The summed E-state index contributed by atoms with van der Waals surface area (Å²) in [7, 11) is 1.98. The van der Waals surface area contributed by atoms with Crippen LogP contribution in [0.25, 0.3) is 10.9 Å². The summed E-state index contributed by atoms with van der Waals surface area (Å²) in [6.07, 6.45) is 1.05. The van der Waals surface area contributed by atoms with Gasteiger partial charge in [0.1, 0.15) is 0 Å². The number of benzene rings is 1. The van der Waals surface area contributed by atoms with E-state index >= 15 is 0 Å². The number of fused-ring (bicyclic) bond motifs is 1. The molecule has 0 amide bonds. The van der Waals surface area contributed by atoms with Gasteiger partial charge in [0.15, 0.2) is 0 Å². The van der Waals surface area contributed by atoms with E-state index in [1.807, 2.05) is 7.05 Å². The molecule has 0 fully saturated rings. The second kappa shape index (κ2) is 4.37. The van der Waals surface area contributed by atoms with Crippen LogP contribution in [0.3, 0.4) is 0 Å². The Hall–Kier alpha value is -0.800. The maximum Gasteiger partial charge on any atom is 0.0459 e. The van der Waals surface area contributed by atoms with Crippen LogP contribution in [0.2, 0.25) is 0 Å². The molecule has 2 nitrogen and oxygen atoms in total. The number of nitrogens with one attached hydrogen (secondary N) is 2. The Labute approximate surface area is 98.2 Å². The Balaban J connectivity index is 2.45. The smallest absolute Gasteiger partial charge is 0.0459 e. The van der Waals surface area contributed by atoms with E-state index < -0.39 is 0 Å². The Morgan fingerprint density at radius 2 is 2.20 bits per heavy atom. The normalized spacial score (nSPS) is 11.1. The molecule has 80 valence electrons. The minimum Gasteiger partial charge on any atom is -0.358 e. The maximum absolute atomic E-state index is 3.50. The van der Waals surface area contributed by atoms with Crippen molar-refractivity contribution in [3.05, 3.63) is 33.9 Å². The van der Waals surface area contributed by atoms with Gasteiger partial charge in [-0.2, -0.15) is 0 Å². The number of aromatic nitrogens is 1. The standard InChI is InChI=1S/C12H15BrN2/c1-8-10-7-9(13)3-4-12(10)15-11(8)5-6-14-2/h3-4,7,14-15H,5-6H2,1-2H3. The van der Waals surface area contributed by atoms with Crippen molar-refractivity contribution in [2.45, 2.75) is 13.3 Å². The number of hydrogen-bond acceptors (Lipinski definition) is 1. The molecule has 0 saturated carbocycles. The average molecular weight is 267 g/mol. The van der Waals surface area contributed by atoms with Gasteiger partial charge < -0.3 is 10.3 Å². The van der Waals surface area contributed by atoms with Crippen molar-refractivity contribution in [3.63, 3.8) is 0 Å². The Morgan fingerprint density at radius 3 is 2.93 bits per heavy atom. The van der Waals surface area contributed by atoms with E-state index in [9.17, 15) is 0 Å². The first kappa shape index (κ1) is 10.7. The van der Waals surface area contributed by atoms with Gasteiger partial charge in [-0.1, -0.05) is 15.9 Å². The van der Waals surface area contributed by atoms with Gasteiger partial charge in [0.05, 0.1) is 0 Å². The summed E-state index contributed by atoms with van der Waals surface area (Å²) >= 11 is 3.50. The van der Waals surface area contributed by atoms with Crippen LogP contribution in [0.4, 0.5) is 0 Å². The summed E-state index contributed by atoms with van der Waals surface area (Å²) in [5.41, 5.74) is 3.92. The van der Waals surface area contributed by atoms with Crippen LogP contribution in [-0.2, 0) is 6.42 Å². The Bertz CT molecular complexity index is 474. The summed E-state index contributed by atoms with van der Waals surface area (Å²) in [4.78, 5) is 3.47. The second-order valence-electron chi connectivity index (χ2n) is 3.77. The van der Waals surface area contributed by atoms with Crippen LogP contribution in [0.5, 0.6) is 0 Å². The van der Waals surface area contributed by atoms with Crippen molar-refractivity contribution in [1.29, 1.82) is 0 Å². The third-order valence-electron chi connectivity index (χ3n) is 2.75. The molecular weight excluding hydrogens is 252 g/mol. The fraction of sp³-hybridized carbons (Fsp3) is 0.333. The van der Waals surface area contributed by atoms with Crippen LogP contribution < -0.4 is 5.32 Å². The molecular formula is C12H15BrN2. The second-order valence-corrected chi connectivity index (χ2v) is 4.69. The number of aryl methyl sites for hydroxylation is 1. The lowest BCUT2D eigenvalue weighted by Gasteiger charge is -1.98. The molecule has 0 atom stereocenters. The first-order valence-electron chi connectivity index (χ1n) is 5.13. The zero-order chi connectivity index (χ0) is 10.8. The zero-order valence-electron chi connectivity index (χ0n) is 9.02. The molecule has 0 unspecified atom stereocenters. The van der Waals surface area contributed by atoms with Gasteiger partial charge in [0, 0.05) is 34.0 Å². The molecule has 0 bridgehead atoms. The number of hydrogen-bond donors (Lipinski definition) is 2. The maximum atomic E-state index is 3.50. The third kappa shape index (κ3) is 2.08. The quantitative estimate of drug-likeness (QED) is 0.879. The number of aromatic amines is 1. The van der Waals surface area contributed by atoms with Crippen molar-refractivity contribution >= 4 is 26.8 Å². The summed E-state index contributed by atoms with van der Waals surface area (Å²) in [6.45, 7) is 3.19. The van der Waals surface area contributed by atoms with Gasteiger partial charge >= 0.3 is 0 Å². The lowest BCUT2D eigenvalue weighted by Crippen LogP contribution is -2.10. The van der Waals surface area contributed by atoms with Gasteiger partial charge in [-0.3, -0.25) is 0 Å². The monoisotopic (exact) mass is 266 g/mol. The summed E-state index contributed by atoms with van der Waals surface area (Å²) in [6, 6.07) is 6.36. The van der Waals surface area contributed by atoms with E-state index in [1.165, 1.54) is 22.2 Å². The minimum absolute atomic E-state index is 1.01. The lowest BCUT2D eigenvalue weighted by atomic mass is 10.1. The third-order valence-corrected chi connectivity index (χ3v) is 3.24. The van der Waals surface area contributed by atoms with Crippen LogP contribution in [0.15, 0.2) is 22.7 Å². The predicted octanol–water partition coefficient (Wildman–Crippen LogP) is 3.00. The predicted molar refractivity (Wildman–Crippen MR) is 68.4 cm³/mol. The van der Waals surface area contributed by atoms with Crippen LogP contribution >= 0.6 is 15.9 Å². The van der Waals surface area contributed by atoms with Gasteiger partial charge in [0.25, 0.3) is 0 Å². The molecule has 15 heavy (non-hydrogen) atoms. The molecule has 0 aliphatic carbocycles. The largest absolute Gasteiger partial charge is 0.358 e. The molecule has 2 aromatic rings. The number of rotatable bonds is 3. The van der Waals surface area contributed by atoms with E-state index in [0.29, 0.717) is 0 Å². The van der Waals surface area contributed by atoms with E-state index in [2.05, 4.69) is 51.4 Å². The molecule has 0 spiro atoms. The lowest BCUT2D eigenvalue weighted by molar-refractivity contribution is 0.778. The first-order valence-corrected chi connectivity index (χ1v) is 5.93. The van der Waals surface area contributed by atoms with Crippen molar-refractivity contribution in [3.8, 4) is 0 Å². The molecule has 0 saturated heterocycles. The van der Waals surface area contributed by atoms with Crippen LogP contribution in [0.1, 0.15) is 11.3 Å². The molecule has 1 aromatic heterocycles. The Kier molecular flexibility index (Phi) is 3.12. The average Bonchev–Trinajstić information content (AvgIpc) is 2.53. The fourth-order valence-electron chi connectivity index (χ4n) is 1.85. The highest BCUT2D eigenvalue weighted by atomic mass is 79.9. The highest BCUT2D eigenvalue weighted by Crippen LogP contribution is 2.25. The summed E-state index contributed by atoms with van der Waals surface area (Å²) in [5, 5.41) is 4.49. The number of H-pyrrole nitrogens is 1. The highest BCUT2D eigenvalue weighted by molar-refractivity contribution is 9.10. The van der Waals surface area contributed by atoms with E-state index in [-0.39, 0.29) is 0 Å². The summed E-state index contributed by atoms with van der Waals surface area (Å²) in [5.74, 6) is 0. The van der Waals surface area contributed by atoms with Gasteiger partial charge in [-0.15, -0.1) is 0 Å². The summed E-state index contributed by atoms with van der Waals surface area (Å²) < 4.78 is 1.14. The Morgan fingerprint density at radius 1 is 1.40 bits per heavy atom. The van der Waals surface area contributed by atoms with Crippen LogP contribution in [-0.4, -0.2) is 18.6 Å². The van der Waals surface area contributed by atoms with Gasteiger partial charge in [-0.25, -0.2) is 0 Å². The van der Waals surface area contributed by atoms with Crippen molar-refractivity contribution in [1.82, 2.24) is 10.3 Å². The van der Waals surface area contributed by atoms with E-state index in [1.54, 1.807) is 0 Å². The molecule has 2 N–H and O–H groups in total. The zero-order valence-corrected chi connectivity index (χ0v) is 10.6. The topological polar surface area (TPSA) is 27.8 Å². The van der Waals surface area contributed by atoms with E-state index in [0.717, 1.165) is 17.4 Å². The molecule has 0 aliphatic rings. The highest BCUT2D eigenvalue weighted by Gasteiger charge is 2.06. The first-order chi connectivity index (χ1) is 7.22. The molecule has 2 rings (SSSR count). The molecule has 0 aliphatic heterocycles. The van der Waals surface area contributed by atoms with Crippen LogP contribution in [0, 0.1) is 6.92 Å². The number of likely N-dealkylation sites (N-methyl/N-ethyl adjacent to an activating group) is 1. The molecule has 1 aromatic carbocycles. The van der Waals surface area contributed by atoms with Crippen molar-refractivity contribution < 1.29 is 0 Å². The molecule has 0 radical (unpaired) electrons. The molecule has 1 heterocycles. The van der Waals surface area contributed by atoms with Crippen molar-refractivity contribution in [2.24, 2.45) is 0 Å². The minimum atomic E-state index is 1.01. The van der Waals surface area contributed by atoms with E-state index in [4.69, 9.17) is 0 Å². The van der Waals surface area contributed by atoms with Crippen molar-refractivity contribution in [2.75, 3.05) is 13.6 Å². The number of halogens is 1. The molecule has 3 heteroatoms. The SMILES string of the molecule is CNCCc1[nH]c2ccc(Br)cc2c1C. The van der Waals surface area contributed by atoms with Gasteiger partial charge in [-0.05, 0) is 37.7 Å².